The first-order chi connectivity index (χ1) is 8.99. The van der Waals surface area contributed by atoms with E-state index in [0.717, 1.165) is 0 Å². The van der Waals surface area contributed by atoms with E-state index in [1.807, 2.05) is 6.92 Å². The van der Waals surface area contributed by atoms with Gasteiger partial charge in [-0.25, -0.2) is 4.39 Å². The molecule has 1 amide bonds. The number of halogens is 1. The molecule has 0 aliphatic carbocycles. The summed E-state index contributed by atoms with van der Waals surface area (Å²) in [5, 5.41) is 11.9. The van der Waals surface area contributed by atoms with Crippen LogP contribution in [0, 0.1) is 5.82 Å². The van der Waals surface area contributed by atoms with E-state index >= 15 is 0 Å². The SMILES string of the molecule is CC(O)CC(C)NC(=O)CCOc1ccccc1F. The van der Waals surface area contributed by atoms with Crippen LogP contribution in [0.15, 0.2) is 24.3 Å². The van der Waals surface area contributed by atoms with E-state index in [1.54, 1.807) is 19.1 Å². The number of para-hydroxylation sites is 1. The summed E-state index contributed by atoms with van der Waals surface area (Å²) in [6.07, 6.45) is 0.197. The standard InChI is InChI=1S/C14H20FNO3/c1-10(9-11(2)17)16-14(18)7-8-19-13-6-4-3-5-12(13)15/h3-6,10-11,17H,7-9H2,1-2H3,(H,16,18). The van der Waals surface area contributed by atoms with E-state index in [9.17, 15) is 14.3 Å². The molecule has 0 aliphatic rings. The second-order valence-corrected chi connectivity index (χ2v) is 4.58. The van der Waals surface area contributed by atoms with E-state index in [2.05, 4.69) is 5.32 Å². The first-order valence-electron chi connectivity index (χ1n) is 6.33. The van der Waals surface area contributed by atoms with Crippen molar-refractivity contribution in [1.82, 2.24) is 5.32 Å². The van der Waals surface area contributed by atoms with Gasteiger partial charge in [0.1, 0.15) is 0 Å². The van der Waals surface area contributed by atoms with Gasteiger partial charge >= 0.3 is 0 Å². The number of amides is 1. The fourth-order valence-electron chi connectivity index (χ4n) is 1.73. The van der Waals surface area contributed by atoms with Crippen molar-refractivity contribution in [3.63, 3.8) is 0 Å². The number of hydrogen-bond acceptors (Lipinski definition) is 3. The third-order valence-corrected chi connectivity index (χ3v) is 2.53. The highest BCUT2D eigenvalue weighted by molar-refractivity contribution is 5.76. The molecule has 106 valence electrons. The zero-order valence-corrected chi connectivity index (χ0v) is 11.2. The molecule has 1 aromatic carbocycles. The summed E-state index contributed by atoms with van der Waals surface area (Å²) >= 11 is 0. The molecule has 0 radical (unpaired) electrons. The molecule has 0 aliphatic heterocycles. The summed E-state index contributed by atoms with van der Waals surface area (Å²) in [6.45, 7) is 3.61. The van der Waals surface area contributed by atoms with Crippen LogP contribution in [0.25, 0.3) is 0 Å². The summed E-state index contributed by atoms with van der Waals surface area (Å²) < 4.78 is 18.4. The molecule has 1 rings (SSSR count). The number of ether oxygens (including phenoxy) is 1. The van der Waals surface area contributed by atoms with E-state index < -0.39 is 11.9 Å². The van der Waals surface area contributed by atoms with Crippen molar-refractivity contribution in [2.24, 2.45) is 0 Å². The molecule has 0 aromatic heterocycles. The smallest absolute Gasteiger partial charge is 0.223 e. The average Bonchev–Trinajstić information content (AvgIpc) is 2.30. The van der Waals surface area contributed by atoms with Gasteiger partial charge in [-0.15, -0.1) is 0 Å². The van der Waals surface area contributed by atoms with Crippen LogP contribution in [0.4, 0.5) is 4.39 Å². The molecule has 0 heterocycles. The van der Waals surface area contributed by atoms with Gasteiger partial charge in [0.15, 0.2) is 11.6 Å². The van der Waals surface area contributed by atoms with E-state index in [-0.39, 0.29) is 30.7 Å². The van der Waals surface area contributed by atoms with Crippen LogP contribution in [0.3, 0.4) is 0 Å². The van der Waals surface area contributed by atoms with Gasteiger partial charge in [0.05, 0.1) is 19.1 Å². The fraction of sp³-hybridized carbons (Fsp3) is 0.500. The lowest BCUT2D eigenvalue weighted by molar-refractivity contribution is -0.122. The number of aliphatic hydroxyl groups excluding tert-OH is 1. The van der Waals surface area contributed by atoms with Crippen molar-refractivity contribution < 1.29 is 19.0 Å². The van der Waals surface area contributed by atoms with Gasteiger partial charge < -0.3 is 15.2 Å². The zero-order valence-electron chi connectivity index (χ0n) is 11.2. The molecule has 1 aromatic rings. The predicted molar refractivity (Wildman–Crippen MR) is 70.4 cm³/mol. The number of rotatable bonds is 7. The zero-order chi connectivity index (χ0) is 14.3. The lowest BCUT2D eigenvalue weighted by atomic mass is 10.1. The molecule has 0 saturated heterocycles. The van der Waals surface area contributed by atoms with Crippen molar-refractivity contribution in [2.75, 3.05) is 6.61 Å². The van der Waals surface area contributed by atoms with E-state index in [0.29, 0.717) is 6.42 Å². The maximum absolute atomic E-state index is 13.2. The Kier molecular flexibility index (Phi) is 6.29. The van der Waals surface area contributed by atoms with E-state index in [1.165, 1.54) is 12.1 Å². The molecule has 0 saturated carbocycles. The van der Waals surface area contributed by atoms with Crippen LogP contribution in [-0.2, 0) is 4.79 Å². The number of nitrogens with one attached hydrogen (secondary N) is 1. The van der Waals surface area contributed by atoms with Crippen LogP contribution in [0.1, 0.15) is 26.7 Å². The number of carbonyl (C=O) groups excluding carboxylic acids is 1. The van der Waals surface area contributed by atoms with Crippen molar-refractivity contribution in [3.8, 4) is 5.75 Å². The van der Waals surface area contributed by atoms with Crippen molar-refractivity contribution >= 4 is 5.91 Å². The molecule has 2 N–H and O–H groups in total. The Morgan fingerprint density at radius 2 is 2.11 bits per heavy atom. The largest absolute Gasteiger partial charge is 0.490 e. The van der Waals surface area contributed by atoms with E-state index in [4.69, 9.17) is 4.74 Å². The van der Waals surface area contributed by atoms with Gasteiger partial charge in [0, 0.05) is 6.04 Å². The summed E-state index contributed by atoms with van der Waals surface area (Å²) in [7, 11) is 0. The Morgan fingerprint density at radius 3 is 2.74 bits per heavy atom. The molecule has 0 fully saturated rings. The average molecular weight is 269 g/mol. The van der Waals surface area contributed by atoms with Crippen LogP contribution in [-0.4, -0.2) is 29.8 Å². The maximum Gasteiger partial charge on any atom is 0.223 e. The summed E-state index contributed by atoms with van der Waals surface area (Å²) in [5.74, 6) is -0.470. The summed E-state index contributed by atoms with van der Waals surface area (Å²) in [5.41, 5.74) is 0. The molecule has 0 spiro atoms. The predicted octanol–water partition coefficient (Wildman–Crippen LogP) is 1.87. The highest BCUT2D eigenvalue weighted by atomic mass is 19.1. The summed E-state index contributed by atoms with van der Waals surface area (Å²) in [6, 6.07) is 5.97. The number of carbonyl (C=O) groups is 1. The Morgan fingerprint density at radius 1 is 1.42 bits per heavy atom. The summed E-state index contributed by atoms with van der Waals surface area (Å²) in [4.78, 5) is 11.5. The molecular weight excluding hydrogens is 249 g/mol. The number of hydrogen-bond donors (Lipinski definition) is 2. The quantitative estimate of drug-likeness (QED) is 0.794. The molecular formula is C14H20FNO3. The first kappa shape index (κ1) is 15.4. The molecule has 2 atom stereocenters. The molecule has 0 bridgehead atoms. The second kappa shape index (κ2) is 7.74. The maximum atomic E-state index is 13.2. The van der Waals surface area contributed by atoms with Gasteiger partial charge in [0.2, 0.25) is 5.91 Å². The highest BCUT2D eigenvalue weighted by Gasteiger charge is 2.10. The van der Waals surface area contributed by atoms with Crippen LogP contribution >= 0.6 is 0 Å². The van der Waals surface area contributed by atoms with Crippen molar-refractivity contribution in [3.05, 3.63) is 30.1 Å². The number of benzene rings is 1. The van der Waals surface area contributed by atoms with Gasteiger partial charge in [-0.1, -0.05) is 12.1 Å². The topological polar surface area (TPSA) is 58.6 Å². The molecule has 2 unspecified atom stereocenters. The van der Waals surface area contributed by atoms with Crippen molar-refractivity contribution in [1.29, 1.82) is 0 Å². The van der Waals surface area contributed by atoms with Crippen LogP contribution in [0.5, 0.6) is 5.75 Å². The third-order valence-electron chi connectivity index (χ3n) is 2.53. The van der Waals surface area contributed by atoms with Gasteiger partial charge in [-0.3, -0.25) is 4.79 Å². The minimum absolute atomic E-state index is 0.0963. The van der Waals surface area contributed by atoms with Gasteiger partial charge in [-0.05, 0) is 32.4 Å². The Labute approximate surface area is 112 Å². The second-order valence-electron chi connectivity index (χ2n) is 4.58. The monoisotopic (exact) mass is 269 g/mol. The normalized spacial score (nSPS) is 13.7. The van der Waals surface area contributed by atoms with Crippen molar-refractivity contribution in [2.45, 2.75) is 38.8 Å². The first-order valence-corrected chi connectivity index (χ1v) is 6.33. The van der Waals surface area contributed by atoms with Gasteiger partial charge in [0.25, 0.3) is 0 Å². The van der Waals surface area contributed by atoms with Crippen LogP contribution in [0.2, 0.25) is 0 Å². The Bertz CT molecular complexity index is 409. The lowest BCUT2D eigenvalue weighted by Gasteiger charge is -2.15. The molecule has 19 heavy (non-hydrogen) atoms. The minimum Gasteiger partial charge on any atom is -0.490 e. The third kappa shape index (κ3) is 6.20. The molecule has 5 heteroatoms. The number of aliphatic hydroxyl groups is 1. The Hall–Kier alpha value is -1.62. The molecule has 4 nitrogen and oxygen atoms in total. The minimum atomic E-state index is -0.454. The van der Waals surface area contributed by atoms with Gasteiger partial charge in [-0.2, -0.15) is 0 Å². The lowest BCUT2D eigenvalue weighted by Crippen LogP contribution is -2.35. The van der Waals surface area contributed by atoms with Crippen LogP contribution < -0.4 is 10.1 Å². The Balaban J connectivity index is 2.26. The highest BCUT2D eigenvalue weighted by Crippen LogP contribution is 2.15. The fourth-order valence-corrected chi connectivity index (χ4v) is 1.73.